The van der Waals surface area contributed by atoms with E-state index in [1.165, 1.54) is 11.3 Å². The zero-order valence-electron chi connectivity index (χ0n) is 9.93. The molecular formula is C13H12Cl3NS. The van der Waals surface area contributed by atoms with E-state index in [-0.39, 0.29) is 6.04 Å². The Balaban J connectivity index is 2.49. The summed E-state index contributed by atoms with van der Waals surface area (Å²) in [5.74, 6) is 0. The van der Waals surface area contributed by atoms with Crippen molar-refractivity contribution in [1.29, 1.82) is 0 Å². The molecule has 0 amide bonds. The zero-order valence-corrected chi connectivity index (χ0v) is 13.0. The lowest BCUT2D eigenvalue weighted by Crippen LogP contribution is -2.13. The standard InChI is InChI=1S/C13H12Cl3NS/c1-6-4-10(14)7(2)3-8(6)12(17)9-5-11(15)18-13(9)16/h3-5,12H,17H2,1-2H3. The van der Waals surface area contributed by atoms with Gasteiger partial charge in [0, 0.05) is 10.6 Å². The van der Waals surface area contributed by atoms with Crippen LogP contribution in [0.3, 0.4) is 0 Å². The van der Waals surface area contributed by atoms with Crippen molar-refractivity contribution in [2.24, 2.45) is 5.73 Å². The predicted molar refractivity (Wildman–Crippen MR) is 81.3 cm³/mol. The van der Waals surface area contributed by atoms with Gasteiger partial charge in [-0.1, -0.05) is 40.9 Å². The van der Waals surface area contributed by atoms with Crippen LogP contribution in [0, 0.1) is 13.8 Å². The van der Waals surface area contributed by atoms with Crippen molar-refractivity contribution in [3.63, 3.8) is 0 Å². The van der Waals surface area contributed by atoms with Gasteiger partial charge in [-0.05, 0) is 42.7 Å². The SMILES string of the molecule is Cc1cc(C(N)c2cc(Cl)sc2Cl)c(C)cc1Cl. The Labute approximate surface area is 125 Å². The Morgan fingerprint density at radius 3 is 2.22 bits per heavy atom. The molecule has 96 valence electrons. The molecule has 2 aromatic rings. The molecule has 0 fully saturated rings. The molecule has 2 rings (SSSR count). The maximum atomic E-state index is 6.27. The van der Waals surface area contributed by atoms with Crippen molar-refractivity contribution in [2.45, 2.75) is 19.9 Å². The molecule has 18 heavy (non-hydrogen) atoms. The highest BCUT2D eigenvalue weighted by Crippen LogP contribution is 2.37. The third kappa shape index (κ3) is 2.68. The fourth-order valence-corrected chi connectivity index (χ4v) is 3.64. The average molecular weight is 321 g/mol. The van der Waals surface area contributed by atoms with Crippen molar-refractivity contribution in [2.75, 3.05) is 0 Å². The van der Waals surface area contributed by atoms with Gasteiger partial charge in [0.25, 0.3) is 0 Å². The molecule has 1 heterocycles. The number of thiophene rings is 1. The second-order valence-corrected chi connectivity index (χ2v) is 6.91. The summed E-state index contributed by atoms with van der Waals surface area (Å²) in [6.07, 6.45) is 0. The number of aryl methyl sites for hydroxylation is 2. The minimum Gasteiger partial charge on any atom is -0.320 e. The van der Waals surface area contributed by atoms with Gasteiger partial charge in [0.15, 0.2) is 0 Å². The van der Waals surface area contributed by atoms with E-state index in [0.29, 0.717) is 8.67 Å². The van der Waals surface area contributed by atoms with Gasteiger partial charge in [-0.2, -0.15) is 0 Å². The van der Waals surface area contributed by atoms with Crippen LogP contribution in [0.15, 0.2) is 18.2 Å². The van der Waals surface area contributed by atoms with E-state index in [1.807, 2.05) is 32.0 Å². The van der Waals surface area contributed by atoms with Crippen molar-refractivity contribution in [3.05, 3.63) is 54.1 Å². The monoisotopic (exact) mass is 319 g/mol. The van der Waals surface area contributed by atoms with E-state index in [0.717, 1.165) is 27.3 Å². The second kappa shape index (κ2) is 5.40. The molecule has 2 N–H and O–H groups in total. The molecule has 1 unspecified atom stereocenters. The van der Waals surface area contributed by atoms with Crippen LogP contribution in [0.1, 0.15) is 28.3 Å². The Morgan fingerprint density at radius 2 is 1.67 bits per heavy atom. The fraction of sp³-hybridized carbons (Fsp3) is 0.231. The normalized spacial score (nSPS) is 12.8. The van der Waals surface area contributed by atoms with Crippen LogP contribution in [0.5, 0.6) is 0 Å². The number of rotatable bonds is 2. The van der Waals surface area contributed by atoms with E-state index in [1.54, 1.807) is 0 Å². The summed E-state index contributed by atoms with van der Waals surface area (Å²) in [6, 6.07) is 5.47. The highest BCUT2D eigenvalue weighted by atomic mass is 35.5. The molecule has 1 aromatic heterocycles. The van der Waals surface area contributed by atoms with Gasteiger partial charge in [0.2, 0.25) is 0 Å². The first kappa shape index (κ1) is 14.2. The highest BCUT2D eigenvalue weighted by Gasteiger charge is 2.18. The van der Waals surface area contributed by atoms with E-state index >= 15 is 0 Å². The molecule has 1 nitrogen and oxygen atoms in total. The maximum absolute atomic E-state index is 6.27. The number of hydrogen-bond acceptors (Lipinski definition) is 2. The fourth-order valence-electron chi connectivity index (χ4n) is 1.87. The van der Waals surface area contributed by atoms with Crippen LogP contribution in [-0.4, -0.2) is 0 Å². The molecule has 5 heteroatoms. The van der Waals surface area contributed by atoms with Crippen molar-refractivity contribution < 1.29 is 0 Å². The Morgan fingerprint density at radius 1 is 1.00 bits per heavy atom. The predicted octanol–water partition coefficient (Wildman–Crippen LogP) is 5.37. The first-order chi connectivity index (χ1) is 8.40. The molecule has 0 saturated heterocycles. The summed E-state index contributed by atoms with van der Waals surface area (Å²) >= 11 is 19.5. The van der Waals surface area contributed by atoms with Crippen LogP contribution in [0.4, 0.5) is 0 Å². The summed E-state index contributed by atoms with van der Waals surface area (Å²) in [7, 11) is 0. The smallest absolute Gasteiger partial charge is 0.0995 e. The summed E-state index contributed by atoms with van der Waals surface area (Å²) in [5.41, 5.74) is 10.2. The summed E-state index contributed by atoms with van der Waals surface area (Å²) in [4.78, 5) is 0. The Kier molecular flexibility index (Phi) is 4.25. The zero-order chi connectivity index (χ0) is 13.4. The third-order valence-electron chi connectivity index (χ3n) is 2.90. The van der Waals surface area contributed by atoms with Gasteiger partial charge in [-0.25, -0.2) is 0 Å². The minimum absolute atomic E-state index is 0.280. The largest absolute Gasteiger partial charge is 0.320 e. The number of benzene rings is 1. The Bertz CT molecular complexity index is 592. The molecule has 0 bridgehead atoms. The molecule has 0 spiro atoms. The number of hydrogen-bond donors (Lipinski definition) is 1. The Hall–Kier alpha value is -0.250. The van der Waals surface area contributed by atoms with E-state index < -0.39 is 0 Å². The molecule has 1 aromatic carbocycles. The number of nitrogens with two attached hydrogens (primary N) is 1. The first-order valence-corrected chi connectivity index (χ1v) is 7.32. The summed E-state index contributed by atoms with van der Waals surface area (Å²) < 4.78 is 1.29. The lowest BCUT2D eigenvalue weighted by Gasteiger charge is -2.16. The van der Waals surface area contributed by atoms with Gasteiger partial charge >= 0.3 is 0 Å². The van der Waals surface area contributed by atoms with Gasteiger partial charge < -0.3 is 5.73 Å². The molecule has 0 radical (unpaired) electrons. The quantitative estimate of drug-likeness (QED) is 0.790. The van der Waals surface area contributed by atoms with Crippen LogP contribution in [-0.2, 0) is 0 Å². The van der Waals surface area contributed by atoms with Gasteiger partial charge in [-0.3, -0.25) is 0 Å². The van der Waals surface area contributed by atoms with Crippen LogP contribution < -0.4 is 5.73 Å². The third-order valence-corrected chi connectivity index (χ3v) is 4.83. The molecule has 0 aliphatic carbocycles. The van der Waals surface area contributed by atoms with Crippen LogP contribution in [0.25, 0.3) is 0 Å². The maximum Gasteiger partial charge on any atom is 0.0995 e. The average Bonchev–Trinajstić information content (AvgIpc) is 2.62. The first-order valence-electron chi connectivity index (χ1n) is 5.37. The van der Waals surface area contributed by atoms with Crippen LogP contribution in [0.2, 0.25) is 13.7 Å². The molecule has 0 aliphatic heterocycles. The summed E-state index contributed by atoms with van der Waals surface area (Å²) in [5, 5.41) is 0.748. The molecule has 0 aliphatic rings. The van der Waals surface area contributed by atoms with Crippen molar-refractivity contribution in [1.82, 2.24) is 0 Å². The lowest BCUT2D eigenvalue weighted by atomic mass is 9.96. The summed E-state index contributed by atoms with van der Waals surface area (Å²) in [6.45, 7) is 3.95. The van der Waals surface area contributed by atoms with Gasteiger partial charge in [-0.15, -0.1) is 11.3 Å². The van der Waals surface area contributed by atoms with E-state index in [2.05, 4.69) is 0 Å². The highest BCUT2D eigenvalue weighted by molar-refractivity contribution is 7.20. The van der Waals surface area contributed by atoms with E-state index in [9.17, 15) is 0 Å². The van der Waals surface area contributed by atoms with Crippen molar-refractivity contribution in [3.8, 4) is 0 Å². The van der Waals surface area contributed by atoms with Gasteiger partial charge in [0.1, 0.15) is 0 Å². The minimum atomic E-state index is -0.280. The topological polar surface area (TPSA) is 26.0 Å². The molecule has 1 atom stereocenters. The lowest BCUT2D eigenvalue weighted by molar-refractivity contribution is 0.865. The van der Waals surface area contributed by atoms with Crippen LogP contribution >= 0.6 is 46.1 Å². The second-order valence-electron chi connectivity index (χ2n) is 4.22. The van der Waals surface area contributed by atoms with Gasteiger partial charge in [0.05, 0.1) is 14.7 Å². The molecular weight excluding hydrogens is 309 g/mol. The number of halogens is 3. The van der Waals surface area contributed by atoms with Crippen molar-refractivity contribution >= 4 is 46.1 Å². The molecule has 0 saturated carbocycles. The van der Waals surface area contributed by atoms with E-state index in [4.69, 9.17) is 40.5 Å².